The molecule has 292 valence electrons. The third-order valence-corrected chi connectivity index (χ3v) is 10.1. The number of nitrogens with zero attached hydrogens (tertiary/aromatic N) is 3. The summed E-state index contributed by atoms with van der Waals surface area (Å²) in [5.41, 5.74) is -1.57. The van der Waals surface area contributed by atoms with Gasteiger partial charge in [-0.3, -0.25) is 15.0 Å². The number of carbonyl (C=O) groups excluding carboxylic acids is 3. The Bertz CT molecular complexity index is 2210. The van der Waals surface area contributed by atoms with Crippen LogP contribution in [-0.2, 0) is 16.0 Å². The molecule has 3 aliphatic heterocycles. The lowest BCUT2D eigenvalue weighted by molar-refractivity contribution is -0.723. The Kier molecular flexibility index (Phi) is 10.7. The van der Waals surface area contributed by atoms with Gasteiger partial charge in [-0.05, 0) is 12.1 Å². The van der Waals surface area contributed by atoms with Gasteiger partial charge in [0.15, 0.2) is 41.0 Å². The van der Waals surface area contributed by atoms with Gasteiger partial charge >= 0.3 is 0 Å². The molecule has 1 fully saturated rings. The molecule has 1 unspecified atom stereocenters. The van der Waals surface area contributed by atoms with E-state index in [1.165, 1.54) is 18.2 Å². The van der Waals surface area contributed by atoms with Gasteiger partial charge < -0.3 is 54.8 Å². The van der Waals surface area contributed by atoms with Crippen molar-refractivity contribution >= 4 is 46.9 Å². The quantitative estimate of drug-likeness (QED) is 0.0646. The molecule has 0 bridgehead atoms. The Morgan fingerprint density at radius 3 is 2.45 bits per heavy atom. The summed E-state index contributed by atoms with van der Waals surface area (Å²) in [7, 11) is 0. The number of aldehydes is 1. The zero-order valence-electron chi connectivity index (χ0n) is 29.5. The molecule has 7 atom stereocenters. The first-order chi connectivity index (χ1) is 26.9. The summed E-state index contributed by atoms with van der Waals surface area (Å²) >= 11 is 0. The van der Waals surface area contributed by atoms with Crippen LogP contribution in [0, 0.1) is 5.41 Å². The Hall–Kier alpha value is -5.57. The standard InChI is InChI=1S/C38H37N5O13/c39-37-41-34-27(35(52)42-37)40-17-43(34)24-8-4-1-5-18(24)13-19-14-23-26(29(49)22-7-3-2-6-21(22)28(23)48)32(54-16-20(47)9-11-44)31(19)56-36-38(53,10-12-45)33(51)30(50)25(15-46)55-36/h1-8,11,14,20,25,30,33,36,45-47,50-51,53H,9-10,12-13,15-17H2,(H2,39,42,52)/t20-,25+,30+,33-,36+,38+/m1/s1. The fourth-order valence-corrected chi connectivity index (χ4v) is 7.25. The molecule has 18 heteroatoms. The predicted molar refractivity (Wildman–Crippen MR) is 192 cm³/mol. The molecule has 1 saturated heterocycles. The van der Waals surface area contributed by atoms with E-state index in [1.54, 1.807) is 36.4 Å². The molecule has 3 aromatic carbocycles. The Labute approximate surface area is 317 Å². The highest BCUT2D eigenvalue weighted by Gasteiger charge is 2.56. The summed E-state index contributed by atoms with van der Waals surface area (Å²) in [6, 6.07) is 14.4. The molecule has 0 spiro atoms. The van der Waals surface area contributed by atoms with Crippen molar-refractivity contribution in [3.8, 4) is 11.5 Å². The number of ether oxygens (including phenoxy) is 3. The smallest absolute Gasteiger partial charge is 0.262 e. The molecule has 0 amide bonds. The van der Waals surface area contributed by atoms with Crippen molar-refractivity contribution < 1.29 is 69.2 Å². The van der Waals surface area contributed by atoms with Crippen LogP contribution < -0.4 is 19.5 Å². The number of guanidine groups is 1. The minimum atomic E-state index is -2.53. The molecule has 7 rings (SSSR count). The van der Waals surface area contributed by atoms with Gasteiger partial charge in [-0.25, -0.2) is 14.9 Å². The average Bonchev–Trinajstić information content (AvgIpc) is 3.61. The number of aliphatic hydroxyl groups is 6. The van der Waals surface area contributed by atoms with E-state index in [2.05, 4.69) is 15.0 Å². The van der Waals surface area contributed by atoms with Crippen LogP contribution in [0.1, 0.15) is 55.8 Å². The zero-order chi connectivity index (χ0) is 39.9. The van der Waals surface area contributed by atoms with Gasteiger partial charge in [0.2, 0.25) is 12.2 Å². The number of fused-ring (bicyclic) bond motifs is 3. The topological polar surface area (TPSA) is 289 Å². The number of ketones is 2. The summed E-state index contributed by atoms with van der Waals surface area (Å²) < 4.78 is 18.3. The van der Waals surface area contributed by atoms with E-state index in [0.29, 0.717) is 22.4 Å². The second-order valence-corrected chi connectivity index (χ2v) is 13.6. The number of aliphatic imine (C=N–C) groups is 3. The number of quaternary nitrogens is 1. The maximum absolute atomic E-state index is 14.3. The van der Waals surface area contributed by atoms with Crippen LogP contribution in [-0.4, -0.2) is 135 Å². The third-order valence-electron chi connectivity index (χ3n) is 10.1. The Balaban J connectivity index is 1.43. The van der Waals surface area contributed by atoms with Crippen LogP contribution in [0.25, 0.3) is 0 Å². The van der Waals surface area contributed by atoms with Gasteiger partial charge in [0.25, 0.3) is 5.84 Å². The number of rotatable bonds is 13. The van der Waals surface area contributed by atoms with Crippen molar-refractivity contribution in [3.05, 3.63) is 88.0 Å². The molecule has 1 aliphatic carbocycles. The molecule has 18 nitrogen and oxygen atoms in total. The number of aliphatic hydroxyl groups excluding tert-OH is 5. The van der Waals surface area contributed by atoms with Gasteiger partial charge in [0.1, 0.15) is 36.9 Å². The molecule has 0 radical (unpaired) electrons. The van der Waals surface area contributed by atoms with Gasteiger partial charge in [0, 0.05) is 59.6 Å². The first-order valence-electron chi connectivity index (χ1n) is 17.6. The fraction of sp³-hybridized carbons (Fsp3) is 0.342. The van der Waals surface area contributed by atoms with Gasteiger partial charge in [-0.15, -0.1) is 0 Å². The van der Waals surface area contributed by atoms with Crippen LogP contribution >= 0.6 is 0 Å². The van der Waals surface area contributed by atoms with E-state index in [4.69, 9.17) is 19.6 Å². The maximum atomic E-state index is 14.3. The lowest BCUT2D eigenvalue weighted by atomic mass is 9.81. The van der Waals surface area contributed by atoms with Crippen molar-refractivity contribution in [2.45, 2.75) is 55.6 Å². The van der Waals surface area contributed by atoms with Crippen LogP contribution in [0.2, 0.25) is 0 Å². The number of nitrogens with one attached hydrogen (secondary N) is 2. The van der Waals surface area contributed by atoms with E-state index in [0.717, 1.165) is 0 Å². The van der Waals surface area contributed by atoms with Gasteiger partial charge in [0.05, 0.1) is 18.3 Å². The number of hydrogen-bond donors (Lipinski definition) is 8. The van der Waals surface area contributed by atoms with Crippen molar-refractivity contribution in [3.63, 3.8) is 0 Å². The summed E-state index contributed by atoms with van der Waals surface area (Å²) in [5, 5.41) is 84.6. The highest BCUT2D eigenvalue weighted by Crippen LogP contribution is 2.46. The minimum absolute atomic E-state index is 0.00672. The molecule has 3 aromatic rings. The second-order valence-electron chi connectivity index (χ2n) is 13.6. The van der Waals surface area contributed by atoms with E-state index in [-0.39, 0.29) is 70.4 Å². The molecule has 3 heterocycles. The molecule has 4 aliphatic rings. The highest BCUT2D eigenvalue weighted by molar-refractivity contribution is 6.66. The van der Waals surface area contributed by atoms with E-state index in [9.17, 15) is 50.1 Å². The lowest BCUT2D eigenvalue weighted by Crippen LogP contribution is -3.09. The highest BCUT2D eigenvalue weighted by atomic mass is 16.7. The average molecular weight is 772 g/mol. The molecule has 8 N–H and O–H groups in total. The number of para-hydroxylation sites is 1. The Morgan fingerprint density at radius 2 is 1.73 bits per heavy atom. The van der Waals surface area contributed by atoms with E-state index >= 15 is 0 Å². The van der Waals surface area contributed by atoms with Gasteiger partial charge in [-0.1, -0.05) is 42.5 Å². The SMILES string of the molecule is N=C1N=C([O-])C2=NC[NH+](c3ccccc3Cc3cc4c(c(OC[C@H](O)CC=O)c3O[C@@H]3O[C@@H](CO)[C@H](O)[C@@H](O)[C@@]3(O)CCO)C(=O)c3ccccc3C4=O)C2=N1. The molecule has 56 heavy (non-hydrogen) atoms. The molecule has 0 aromatic heterocycles. The van der Waals surface area contributed by atoms with E-state index < -0.39 is 86.0 Å². The van der Waals surface area contributed by atoms with Crippen LogP contribution in [0.15, 0.2) is 69.6 Å². The molecule has 0 saturated carbocycles. The number of amidine groups is 1. The predicted octanol–water partition coefficient (Wildman–Crippen LogP) is -2.65. The number of benzene rings is 3. The van der Waals surface area contributed by atoms with Crippen molar-refractivity contribution in [1.29, 1.82) is 5.41 Å². The van der Waals surface area contributed by atoms with E-state index in [1.807, 2.05) is 0 Å². The molecular formula is C38H37N5O13. The zero-order valence-corrected chi connectivity index (χ0v) is 29.5. The van der Waals surface area contributed by atoms with Gasteiger partial charge in [-0.2, -0.15) is 4.99 Å². The molecular weight excluding hydrogens is 734 g/mol. The first-order valence-corrected chi connectivity index (χ1v) is 17.6. The fourth-order valence-electron chi connectivity index (χ4n) is 7.25. The summed E-state index contributed by atoms with van der Waals surface area (Å²) in [6.07, 6.45) is -9.31. The summed E-state index contributed by atoms with van der Waals surface area (Å²) in [4.78, 5) is 52.3. The largest absolute Gasteiger partial charge is 0.857 e. The van der Waals surface area contributed by atoms with Crippen LogP contribution in [0.4, 0.5) is 5.69 Å². The first kappa shape index (κ1) is 38.7. The summed E-state index contributed by atoms with van der Waals surface area (Å²) in [5.74, 6) is -2.97. The normalized spacial score (nSPS) is 26.0. The third kappa shape index (κ3) is 6.71. The monoisotopic (exact) mass is 771 g/mol. The second kappa shape index (κ2) is 15.5. The van der Waals surface area contributed by atoms with Crippen molar-refractivity contribution in [2.75, 3.05) is 26.5 Å². The van der Waals surface area contributed by atoms with Crippen LogP contribution in [0.3, 0.4) is 0 Å². The lowest BCUT2D eigenvalue weighted by Gasteiger charge is -2.47. The summed E-state index contributed by atoms with van der Waals surface area (Å²) in [6.45, 7) is -2.11. The van der Waals surface area contributed by atoms with Crippen molar-refractivity contribution in [1.82, 2.24) is 0 Å². The Morgan fingerprint density at radius 1 is 1.02 bits per heavy atom. The number of hydrogen-bond acceptors (Lipinski definition) is 15. The number of carbonyl (C=O) groups is 3. The minimum Gasteiger partial charge on any atom is -0.857 e. The van der Waals surface area contributed by atoms with Crippen molar-refractivity contribution in [2.24, 2.45) is 15.0 Å². The maximum Gasteiger partial charge on any atom is 0.262 e. The van der Waals surface area contributed by atoms with Crippen LogP contribution in [0.5, 0.6) is 11.5 Å².